The summed E-state index contributed by atoms with van der Waals surface area (Å²) in [7, 11) is -3.58. The van der Waals surface area contributed by atoms with Crippen LogP contribution < -0.4 is 5.73 Å². The normalized spacial score (nSPS) is 21.1. The van der Waals surface area contributed by atoms with Gasteiger partial charge in [-0.3, -0.25) is 0 Å². The van der Waals surface area contributed by atoms with Crippen molar-refractivity contribution in [2.24, 2.45) is 5.73 Å². The maximum absolute atomic E-state index is 12.6. The van der Waals surface area contributed by atoms with Crippen molar-refractivity contribution >= 4 is 21.6 Å². The van der Waals surface area contributed by atoms with Crippen LogP contribution in [-0.2, 0) is 21.3 Å². The summed E-state index contributed by atoms with van der Waals surface area (Å²) in [5.41, 5.74) is 6.33. The van der Waals surface area contributed by atoms with Crippen LogP contribution in [0.25, 0.3) is 0 Å². The molecule has 1 aromatic carbocycles. The highest BCUT2D eigenvalue weighted by Crippen LogP contribution is 2.27. The molecule has 7 heteroatoms. The number of sulfonamides is 1. The first-order valence-electron chi connectivity index (χ1n) is 6.59. The third-order valence-corrected chi connectivity index (χ3v) is 5.75. The van der Waals surface area contributed by atoms with E-state index in [9.17, 15) is 8.42 Å². The van der Waals surface area contributed by atoms with Gasteiger partial charge in [0.2, 0.25) is 10.0 Å². The number of nitrogens with two attached hydrogens (primary N) is 1. The molecule has 0 bridgehead atoms. The third-order valence-electron chi connectivity index (χ3n) is 3.41. The van der Waals surface area contributed by atoms with Crippen LogP contribution in [0.3, 0.4) is 0 Å². The van der Waals surface area contributed by atoms with Gasteiger partial charge in [-0.2, -0.15) is 4.31 Å². The van der Waals surface area contributed by atoms with Gasteiger partial charge in [-0.25, -0.2) is 8.42 Å². The molecule has 1 aliphatic heterocycles. The number of morpholine rings is 1. The summed E-state index contributed by atoms with van der Waals surface area (Å²) in [6.45, 7) is 3.44. The van der Waals surface area contributed by atoms with Crippen molar-refractivity contribution in [1.29, 1.82) is 0 Å². The van der Waals surface area contributed by atoms with Gasteiger partial charge in [0.25, 0.3) is 0 Å². The molecule has 0 saturated carbocycles. The van der Waals surface area contributed by atoms with Crippen LogP contribution in [-0.4, -0.2) is 38.5 Å². The fourth-order valence-electron chi connectivity index (χ4n) is 2.18. The molecule has 1 fully saturated rings. The summed E-state index contributed by atoms with van der Waals surface area (Å²) in [6, 6.07) is 4.82. The van der Waals surface area contributed by atoms with Crippen LogP contribution in [0.5, 0.6) is 0 Å². The van der Waals surface area contributed by atoms with Gasteiger partial charge in [-0.05, 0) is 24.1 Å². The lowest BCUT2D eigenvalue weighted by molar-refractivity contribution is -0.00277. The van der Waals surface area contributed by atoms with Gasteiger partial charge in [-0.15, -0.1) is 0 Å². The van der Waals surface area contributed by atoms with Gasteiger partial charge in [0, 0.05) is 19.6 Å². The number of rotatable bonds is 4. The average Bonchev–Trinajstić information content (AvgIpc) is 2.46. The molecule has 0 aliphatic carbocycles. The summed E-state index contributed by atoms with van der Waals surface area (Å²) >= 11 is 6.09. The molecular weight excluding hydrogens is 300 g/mol. The first kappa shape index (κ1) is 15.7. The Balaban J connectivity index is 2.30. The van der Waals surface area contributed by atoms with Crippen molar-refractivity contribution in [2.75, 3.05) is 19.7 Å². The Kier molecular flexibility index (Phi) is 5.04. The highest BCUT2D eigenvalue weighted by Gasteiger charge is 2.31. The zero-order chi connectivity index (χ0) is 14.8. The topological polar surface area (TPSA) is 72.6 Å². The minimum Gasteiger partial charge on any atom is -0.375 e. The second-order valence-electron chi connectivity index (χ2n) is 4.73. The van der Waals surface area contributed by atoms with Crippen molar-refractivity contribution in [3.8, 4) is 0 Å². The molecule has 1 aliphatic rings. The van der Waals surface area contributed by atoms with Crippen molar-refractivity contribution in [3.05, 3.63) is 28.8 Å². The highest BCUT2D eigenvalue weighted by atomic mass is 35.5. The monoisotopic (exact) mass is 318 g/mol. The molecule has 0 amide bonds. The van der Waals surface area contributed by atoms with E-state index in [-0.39, 0.29) is 16.0 Å². The van der Waals surface area contributed by atoms with E-state index in [1.165, 1.54) is 10.4 Å². The maximum Gasteiger partial charge on any atom is 0.244 e. The number of hydrogen-bond acceptors (Lipinski definition) is 4. The van der Waals surface area contributed by atoms with Crippen LogP contribution in [0.4, 0.5) is 0 Å². The molecular formula is C13H19ClN2O3S. The van der Waals surface area contributed by atoms with Gasteiger partial charge in [0.1, 0.15) is 4.90 Å². The Hall–Kier alpha value is -0.660. The smallest absolute Gasteiger partial charge is 0.244 e. The van der Waals surface area contributed by atoms with E-state index < -0.39 is 10.0 Å². The van der Waals surface area contributed by atoms with Crippen molar-refractivity contribution in [3.63, 3.8) is 0 Å². The fourth-order valence-corrected chi connectivity index (χ4v) is 4.17. The Morgan fingerprint density at radius 2 is 2.25 bits per heavy atom. The van der Waals surface area contributed by atoms with Gasteiger partial charge in [-0.1, -0.05) is 24.6 Å². The zero-order valence-electron chi connectivity index (χ0n) is 11.4. The molecule has 1 aromatic rings. The van der Waals surface area contributed by atoms with Gasteiger partial charge >= 0.3 is 0 Å². The Bertz CT molecular complexity index is 577. The van der Waals surface area contributed by atoms with E-state index in [4.69, 9.17) is 22.1 Å². The van der Waals surface area contributed by atoms with E-state index in [0.29, 0.717) is 26.2 Å². The van der Waals surface area contributed by atoms with Crippen molar-refractivity contribution < 1.29 is 13.2 Å². The standard InChI is InChI=1S/C13H19ClN2O3S/c1-2-11-9-16(5-6-19-11)20(17,18)13-4-3-10(8-15)7-12(13)14/h3-4,7,11H,2,5-6,8-9,15H2,1H3. The third kappa shape index (κ3) is 3.15. The first-order chi connectivity index (χ1) is 9.48. The molecule has 5 nitrogen and oxygen atoms in total. The van der Waals surface area contributed by atoms with Crippen LogP contribution in [0.2, 0.25) is 5.02 Å². The summed E-state index contributed by atoms with van der Waals surface area (Å²) in [5, 5.41) is 0.215. The molecule has 112 valence electrons. The van der Waals surface area contributed by atoms with Crippen LogP contribution in [0, 0.1) is 0 Å². The maximum atomic E-state index is 12.6. The average molecular weight is 319 g/mol. The Morgan fingerprint density at radius 1 is 1.50 bits per heavy atom. The number of nitrogens with zero attached hydrogens (tertiary/aromatic N) is 1. The summed E-state index contributed by atoms with van der Waals surface area (Å²) in [5.74, 6) is 0. The minimum absolute atomic E-state index is 0.0550. The minimum atomic E-state index is -3.58. The Morgan fingerprint density at radius 3 is 2.85 bits per heavy atom. The predicted octanol–water partition coefficient (Wildman–Crippen LogP) is 1.60. The van der Waals surface area contributed by atoms with E-state index in [0.717, 1.165) is 12.0 Å². The molecule has 1 saturated heterocycles. The molecule has 1 atom stereocenters. The number of hydrogen-bond donors (Lipinski definition) is 1. The lowest BCUT2D eigenvalue weighted by atomic mass is 10.2. The van der Waals surface area contributed by atoms with E-state index in [2.05, 4.69) is 0 Å². The second-order valence-corrected chi connectivity index (χ2v) is 7.05. The first-order valence-corrected chi connectivity index (χ1v) is 8.41. The zero-order valence-corrected chi connectivity index (χ0v) is 13.0. The number of ether oxygens (including phenoxy) is 1. The lowest BCUT2D eigenvalue weighted by Crippen LogP contribution is -2.45. The van der Waals surface area contributed by atoms with E-state index in [1.807, 2.05) is 6.92 Å². The largest absolute Gasteiger partial charge is 0.375 e. The van der Waals surface area contributed by atoms with Gasteiger partial charge < -0.3 is 10.5 Å². The summed E-state index contributed by atoms with van der Waals surface area (Å²) in [6.07, 6.45) is 0.729. The molecule has 1 unspecified atom stereocenters. The number of benzene rings is 1. The van der Waals surface area contributed by atoms with Crippen LogP contribution in [0.1, 0.15) is 18.9 Å². The molecule has 0 spiro atoms. The molecule has 2 N–H and O–H groups in total. The van der Waals surface area contributed by atoms with Gasteiger partial charge in [0.15, 0.2) is 0 Å². The number of halogens is 1. The Labute approximate surface area is 124 Å². The molecule has 0 radical (unpaired) electrons. The quantitative estimate of drug-likeness (QED) is 0.915. The lowest BCUT2D eigenvalue weighted by Gasteiger charge is -2.31. The molecule has 20 heavy (non-hydrogen) atoms. The molecule has 0 aromatic heterocycles. The second kappa shape index (κ2) is 6.41. The van der Waals surface area contributed by atoms with Crippen LogP contribution in [0.15, 0.2) is 23.1 Å². The van der Waals surface area contributed by atoms with Gasteiger partial charge in [0.05, 0.1) is 17.7 Å². The summed E-state index contributed by atoms with van der Waals surface area (Å²) in [4.78, 5) is 0.133. The van der Waals surface area contributed by atoms with Crippen LogP contribution >= 0.6 is 11.6 Å². The van der Waals surface area contributed by atoms with Crippen molar-refractivity contribution in [1.82, 2.24) is 4.31 Å². The molecule has 2 rings (SSSR count). The van der Waals surface area contributed by atoms with Crippen molar-refractivity contribution in [2.45, 2.75) is 30.9 Å². The summed E-state index contributed by atoms with van der Waals surface area (Å²) < 4.78 is 32.2. The fraction of sp³-hybridized carbons (Fsp3) is 0.538. The molecule has 1 heterocycles. The van der Waals surface area contributed by atoms with E-state index >= 15 is 0 Å². The highest BCUT2D eigenvalue weighted by molar-refractivity contribution is 7.89. The van der Waals surface area contributed by atoms with E-state index in [1.54, 1.807) is 12.1 Å². The predicted molar refractivity (Wildman–Crippen MR) is 78.1 cm³/mol. The SMILES string of the molecule is CCC1CN(S(=O)(=O)c2ccc(CN)cc2Cl)CCO1.